The number of imidazole rings is 1. The van der Waals surface area contributed by atoms with E-state index in [0.29, 0.717) is 6.54 Å². The summed E-state index contributed by atoms with van der Waals surface area (Å²) in [6, 6.07) is 9.95. The van der Waals surface area contributed by atoms with Crippen molar-refractivity contribution >= 4 is 22.6 Å². The Bertz CT molecular complexity index is 734. The first-order chi connectivity index (χ1) is 9.66. The zero-order valence-electron chi connectivity index (χ0n) is 11.4. The molecule has 5 heteroatoms. The average molecular weight is 287 g/mol. The van der Waals surface area contributed by atoms with Gasteiger partial charge in [0.05, 0.1) is 28.6 Å². The van der Waals surface area contributed by atoms with Crippen LogP contribution in [-0.2, 0) is 6.54 Å². The molecule has 0 amide bonds. The second-order valence-electron chi connectivity index (χ2n) is 4.83. The van der Waals surface area contributed by atoms with Gasteiger partial charge in [-0.3, -0.25) is 0 Å². The maximum atomic E-state index is 6.28. The second kappa shape index (κ2) is 5.21. The number of rotatable bonds is 3. The summed E-state index contributed by atoms with van der Waals surface area (Å²) < 4.78 is 2.13. The van der Waals surface area contributed by atoms with Crippen molar-refractivity contribution in [3.05, 3.63) is 53.6 Å². The molecule has 0 aliphatic carbocycles. The predicted octanol–water partition coefficient (Wildman–Crippen LogP) is 3.48. The standard InChI is InChI=1S/C15H15ClN4/c1-10-5-3-7-13-14(10)20(15(18-13)11(2)16)9-12-6-4-8-17-19-12/h3-8,11H,9H2,1-2H3. The van der Waals surface area contributed by atoms with Gasteiger partial charge in [-0.2, -0.15) is 10.2 Å². The zero-order chi connectivity index (χ0) is 14.1. The summed E-state index contributed by atoms with van der Waals surface area (Å²) in [7, 11) is 0. The van der Waals surface area contributed by atoms with Gasteiger partial charge >= 0.3 is 0 Å². The van der Waals surface area contributed by atoms with E-state index in [1.807, 2.05) is 31.2 Å². The minimum Gasteiger partial charge on any atom is -0.320 e. The fourth-order valence-electron chi connectivity index (χ4n) is 2.43. The second-order valence-corrected chi connectivity index (χ2v) is 5.48. The van der Waals surface area contributed by atoms with E-state index in [4.69, 9.17) is 11.6 Å². The Morgan fingerprint density at radius 1 is 1.25 bits per heavy atom. The number of alkyl halides is 1. The summed E-state index contributed by atoms with van der Waals surface area (Å²) in [5.74, 6) is 0.863. The van der Waals surface area contributed by atoms with Gasteiger partial charge in [-0.25, -0.2) is 4.98 Å². The maximum Gasteiger partial charge on any atom is 0.128 e. The molecule has 20 heavy (non-hydrogen) atoms. The van der Waals surface area contributed by atoms with Crippen molar-refractivity contribution < 1.29 is 0 Å². The Morgan fingerprint density at radius 3 is 2.80 bits per heavy atom. The highest BCUT2D eigenvalue weighted by atomic mass is 35.5. The Morgan fingerprint density at radius 2 is 2.10 bits per heavy atom. The van der Waals surface area contributed by atoms with Crippen LogP contribution in [0, 0.1) is 6.92 Å². The lowest BCUT2D eigenvalue weighted by molar-refractivity contribution is 0.714. The van der Waals surface area contributed by atoms with Gasteiger partial charge in [0, 0.05) is 6.20 Å². The fourth-order valence-corrected chi connectivity index (χ4v) is 2.59. The minimum atomic E-state index is -0.154. The first-order valence-corrected chi connectivity index (χ1v) is 6.97. The Labute approximate surface area is 122 Å². The van der Waals surface area contributed by atoms with Crippen molar-refractivity contribution in [2.45, 2.75) is 25.8 Å². The summed E-state index contributed by atoms with van der Waals surface area (Å²) in [4.78, 5) is 4.65. The zero-order valence-corrected chi connectivity index (χ0v) is 12.2. The molecule has 0 aliphatic heterocycles. The molecule has 2 heterocycles. The number of nitrogens with zero attached hydrogens (tertiary/aromatic N) is 4. The van der Waals surface area contributed by atoms with Crippen molar-refractivity contribution in [3.63, 3.8) is 0 Å². The van der Waals surface area contributed by atoms with Crippen LogP contribution >= 0.6 is 11.6 Å². The number of hydrogen-bond acceptors (Lipinski definition) is 3. The van der Waals surface area contributed by atoms with Gasteiger partial charge < -0.3 is 4.57 Å². The van der Waals surface area contributed by atoms with Crippen LogP contribution < -0.4 is 0 Å². The van der Waals surface area contributed by atoms with Gasteiger partial charge in [-0.1, -0.05) is 12.1 Å². The van der Waals surface area contributed by atoms with E-state index in [1.54, 1.807) is 6.20 Å². The molecule has 0 radical (unpaired) electrons. The largest absolute Gasteiger partial charge is 0.320 e. The van der Waals surface area contributed by atoms with Crippen LogP contribution in [0.1, 0.15) is 29.4 Å². The summed E-state index contributed by atoms with van der Waals surface area (Å²) in [5, 5.41) is 7.92. The first kappa shape index (κ1) is 13.1. The van der Waals surface area contributed by atoms with Crippen LogP contribution in [0.5, 0.6) is 0 Å². The highest BCUT2D eigenvalue weighted by Crippen LogP contribution is 2.27. The average Bonchev–Trinajstić information content (AvgIpc) is 2.80. The fraction of sp³-hybridized carbons (Fsp3) is 0.267. The molecule has 0 N–H and O–H groups in total. The van der Waals surface area contributed by atoms with E-state index in [2.05, 4.69) is 32.7 Å². The van der Waals surface area contributed by atoms with E-state index in [1.165, 1.54) is 5.56 Å². The monoisotopic (exact) mass is 286 g/mol. The highest BCUT2D eigenvalue weighted by Gasteiger charge is 2.16. The molecule has 0 aliphatic rings. The van der Waals surface area contributed by atoms with Crippen molar-refractivity contribution in [2.75, 3.05) is 0 Å². The number of aryl methyl sites for hydroxylation is 1. The van der Waals surface area contributed by atoms with Crippen LogP contribution in [0.4, 0.5) is 0 Å². The van der Waals surface area contributed by atoms with Crippen molar-refractivity contribution in [1.82, 2.24) is 19.7 Å². The number of aromatic nitrogens is 4. The lowest BCUT2D eigenvalue weighted by Gasteiger charge is -2.10. The summed E-state index contributed by atoms with van der Waals surface area (Å²) >= 11 is 6.28. The van der Waals surface area contributed by atoms with Gasteiger partial charge in [0.2, 0.25) is 0 Å². The topological polar surface area (TPSA) is 43.6 Å². The molecule has 2 aromatic heterocycles. The SMILES string of the molecule is Cc1cccc2nc(C(C)Cl)n(Cc3cccnn3)c12. The molecule has 3 aromatic rings. The van der Waals surface area contributed by atoms with Gasteiger partial charge in [-0.15, -0.1) is 11.6 Å². The van der Waals surface area contributed by atoms with Gasteiger partial charge in [0.15, 0.2) is 0 Å². The van der Waals surface area contributed by atoms with E-state index >= 15 is 0 Å². The van der Waals surface area contributed by atoms with Crippen LogP contribution in [0.25, 0.3) is 11.0 Å². The van der Waals surface area contributed by atoms with Crippen LogP contribution in [0.15, 0.2) is 36.5 Å². The molecule has 0 saturated carbocycles. The molecule has 0 spiro atoms. The molecule has 0 fully saturated rings. The lowest BCUT2D eigenvalue weighted by Crippen LogP contribution is -2.08. The summed E-state index contributed by atoms with van der Waals surface area (Å²) in [6.07, 6.45) is 1.67. The highest BCUT2D eigenvalue weighted by molar-refractivity contribution is 6.20. The van der Waals surface area contributed by atoms with Gasteiger partial charge in [0.25, 0.3) is 0 Å². The molecular formula is C15H15ClN4. The number of halogens is 1. The third kappa shape index (κ3) is 2.27. The van der Waals surface area contributed by atoms with E-state index in [9.17, 15) is 0 Å². The van der Waals surface area contributed by atoms with Crippen molar-refractivity contribution in [2.24, 2.45) is 0 Å². The molecule has 1 aromatic carbocycles. The minimum absolute atomic E-state index is 0.154. The van der Waals surface area contributed by atoms with Crippen LogP contribution in [0.2, 0.25) is 0 Å². The molecule has 1 atom stereocenters. The molecule has 1 unspecified atom stereocenters. The number of benzene rings is 1. The normalized spacial score (nSPS) is 12.8. The van der Waals surface area contributed by atoms with Crippen molar-refractivity contribution in [1.29, 1.82) is 0 Å². The van der Waals surface area contributed by atoms with Gasteiger partial charge in [-0.05, 0) is 37.6 Å². The molecule has 4 nitrogen and oxygen atoms in total. The molecule has 3 rings (SSSR count). The first-order valence-electron chi connectivity index (χ1n) is 6.53. The third-order valence-corrected chi connectivity index (χ3v) is 3.50. The molecule has 0 saturated heterocycles. The number of hydrogen-bond donors (Lipinski definition) is 0. The lowest BCUT2D eigenvalue weighted by atomic mass is 10.2. The van der Waals surface area contributed by atoms with Gasteiger partial charge in [0.1, 0.15) is 5.82 Å². The van der Waals surface area contributed by atoms with E-state index in [0.717, 1.165) is 22.6 Å². The van der Waals surface area contributed by atoms with Crippen LogP contribution in [-0.4, -0.2) is 19.7 Å². The number of para-hydroxylation sites is 1. The quantitative estimate of drug-likeness (QED) is 0.692. The Hall–Kier alpha value is -1.94. The number of fused-ring (bicyclic) bond motifs is 1. The van der Waals surface area contributed by atoms with Crippen LogP contribution in [0.3, 0.4) is 0 Å². The van der Waals surface area contributed by atoms with E-state index < -0.39 is 0 Å². The van der Waals surface area contributed by atoms with Crippen molar-refractivity contribution in [3.8, 4) is 0 Å². The summed E-state index contributed by atoms with van der Waals surface area (Å²) in [5.41, 5.74) is 4.16. The third-order valence-electron chi connectivity index (χ3n) is 3.30. The maximum absolute atomic E-state index is 6.28. The molecule has 102 valence electrons. The smallest absolute Gasteiger partial charge is 0.128 e. The molecular weight excluding hydrogens is 272 g/mol. The predicted molar refractivity (Wildman–Crippen MR) is 79.9 cm³/mol. The summed E-state index contributed by atoms with van der Waals surface area (Å²) in [6.45, 7) is 4.65. The Kier molecular flexibility index (Phi) is 3.40. The van der Waals surface area contributed by atoms with E-state index in [-0.39, 0.29) is 5.38 Å². The molecule has 0 bridgehead atoms. The Balaban J connectivity index is 2.19.